The van der Waals surface area contributed by atoms with Crippen LogP contribution >= 0.6 is 0 Å². The number of allylic oxidation sites excluding steroid dienone is 1. The standard InChI is InChI=1S/C9H14O2/c1-7(9(10)11)6-8-4-2-3-5-8/h6,8H,2-5H2,1H3,(H,10,11)/p-1/b7-6+. The van der Waals surface area contributed by atoms with Crippen molar-refractivity contribution in [2.45, 2.75) is 32.6 Å². The molecular weight excluding hydrogens is 140 g/mol. The predicted octanol–water partition coefficient (Wildman–Crippen LogP) is 0.873. The van der Waals surface area contributed by atoms with E-state index in [9.17, 15) is 9.90 Å². The van der Waals surface area contributed by atoms with Crippen LogP contribution in [-0.4, -0.2) is 5.97 Å². The van der Waals surface area contributed by atoms with E-state index in [1.807, 2.05) is 6.08 Å². The second-order valence-electron chi connectivity index (χ2n) is 3.18. The van der Waals surface area contributed by atoms with Gasteiger partial charge in [0.15, 0.2) is 0 Å². The lowest BCUT2D eigenvalue weighted by molar-refractivity contribution is -0.299. The van der Waals surface area contributed by atoms with Crippen molar-refractivity contribution in [1.29, 1.82) is 0 Å². The van der Waals surface area contributed by atoms with Crippen molar-refractivity contribution in [3.05, 3.63) is 11.6 Å². The van der Waals surface area contributed by atoms with Gasteiger partial charge >= 0.3 is 0 Å². The first kappa shape index (κ1) is 8.31. The van der Waals surface area contributed by atoms with Gasteiger partial charge in [0, 0.05) is 0 Å². The van der Waals surface area contributed by atoms with Crippen molar-refractivity contribution in [2.75, 3.05) is 0 Å². The number of carboxylic acids is 1. The summed E-state index contributed by atoms with van der Waals surface area (Å²) in [7, 11) is 0. The van der Waals surface area contributed by atoms with Crippen LogP contribution in [0, 0.1) is 5.92 Å². The Balaban J connectivity index is 2.49. The first-order chi connectivity index (χ1) is 5.20. The smallest absolute Gasteiger partial charge is 0.0668 e. The summed E-state index contributed by atoms with van der Waals surface area (Å²) in [4.78, 5) is 10.3. The summed E-state index contributed by atoms with van der Waals surface area (Å²) in [6, 6.07) is 0. The van der Waals surface area contributed by atoms with Crippen LogP contribution in [0.3, 0.4) is 0 Å². The summed E-state index contributed by atoms with van der Waals surface area (Å²) < 4.78 is 0. The number of hydrogen-bond donors (Lipinski definition) is 0. The summed E-state index contributed by atoms with van der Waals surface area (Å²) in [6.45, 7) is 1.60. The van der Waals surface area contributed by atoms with Gasteiger partial charge in [-0.25, -0.2) is 0 Å². The maximum Gasteiger partial charge on any atom is 0.0668 e. The molecular formula is C9H13O2-. The Morgan fingerprint density at radius 3 is 2.45 bits per heavy atom. The van der Waals surface area contributed by atoms with Crippen LogP contribution in [0.25, 0.3) is 0 Å². The molecule has 0 atom stereocenters. The summed E-state index contributed by atoms with van der Waals surface area (Å²) in [5.41, 5.74) is 0.386. The molecule has 0 heterocycles. The van der Waals surface area contributed by atoms with Crippen LogP contribution in [0.2, 0.25) is 0 Å². The van der Waals surface area contributed by atoms with Crippen LogP contribution in [0.15, 0.2) is 11.6 Å². The van der Waals surface area contributed by atoms with E-state index in [-0.39, 0.29) is 0 Å². The maximum atomic E-state index is 10.3. The zero-order valence-corrected chi connectivity index (χ0v) is 6.80. The van der Waals surface area contributed by atoms with E-state index in [0.717, 1.165) is 12.8 Å². The van der Waals surface area contributed by atoms with Crippen molar-refractivity contribution in [3.63, 3.8) is 0 Å². The molecule has 0 N–H and O–H groups in total. The van der Waals surface area contributed by atoms with Crippen molar-refractivity contribution >= 4 is 5.97 Å². The van der Waals surface area contributed by atoms with Gasteiger partial charge in [0.05, 0.1) is 5.97 Å². The molecule has 0 aromatic heterocycles. The quantitative estimate of drug-likeness (QED) is 0.552. The number of rotatable bonds is 2. The molecule has 0 aliphatic heterocycles. The van der Waals surface area contributed by atoms with Gasteiger partial charge < -0.3 is 9.90 Å². The van der Waals surface area contributed by atoms with Gasteiger partial charge in [-0.3, -0.25) is 0 Å². The van der Waals surface area contributed by atoms with E-state index in [4.69, 9.17) is 0 Å². The molecule has 1 aliphatic rings. The number of carbonyl (C=O) groups excluding carboxylic acids is 1. The highest BCUT2D eigenvalue weighted by atomic mass is 16.4. The molecule has 2 nitrogen and oxygen atoms in total. The molecule has 0 bridgehead atoms. The Bertz CT molecular complexity index is 176. The molecule has 62 valence electrons. The Labute approximate surface area is 66.9 Å². The molecule has 1 rings (SSSR count). The maximum absolute atomic E-state index is 10.3. The van der Waals surface area contributed by atoms with Crippen molar-refractivity contribution in [2.24, 2.45) is 5.92 Å². The summed E-state index contributed by atoms with van der Waals surface area (Å²) in [5.74, 6) is -0.537. The summed E-state index contributed by atoms with van der Waals surface area (Å²) in [6.07, 6.45) is 6.60. The Hall–Kier alpha value is -0.790. The Kier molecular flexibility index (Phi) is 2.69. The van der Waals surface area contributed by atoms with Gasteiger partial charge in [-0.15, -0.1) is 0 Å². The Morgan fingerprint density at radius 2 is 2.00 bits per heavy atom. The fourth-order valence-electron chi connectivity index (χ4n) is 1.55. The van der Waals surface area contributed by atoms with Gasteiger partial charge in [-0.05, 0) is 31.3 Å². The summed E-state index contributed by atoms with van der Waals surface area (Å²) in [5, 5.41) is 10.3. The summed E-state index contributed by atoms with van der Waals surface area (Å²) >= 11 is 0. The van der Waals surface area contributed by atoms with Gasteiger partial charge in [0.25, 0.3) is 0 Å². The van der Waals surface area contributed by atoms with E-state index >= 15 is 0 Å². The average molecular weight is 153 g/mol. The lowest BCUT2D eigenvalue weighted by Gasteiger charge is -2.05. The van der Waals surface area contributed by atoms with Crippen LogP contribution in [0.1, 0.15) is 32.6 Å². The van der Waals surface area contributed by atoms with Gasteiger partial charge in [-0.1, -0.05) is 18.9 Å². The molecule has 0 aromatic carbocycles. The van der Waals surface area contributed by atoms with E-state index in [2.05, 4.69) is 0 Å². The number of hydrogen-bond acceptors (Lipinski definition) is 2. The number of aliphatic carboxylic acids is 1. The molecule has 11 heavy (non-hydrogen) atoms. The predicted molar refractivity (Wildman–Crippen MR) is 40.7 cm³/mol. The third kappa shape index (κ3) is 2.37. The molecule has 2 heteroatoms. The lowest BCUT2D eigenvalue weighted by Crippen LogP contribution is -2.23. The van der Waals surface area contributed by atoms with E-state index < -0.39 is 5.97 Å². The van der Waals surface area contributed by atoms with Gasteiger partial charge in [0.2, 0.25) is 0 Å². The second kappa shape index (κ2) is 3.56. The second-order valence-corrected chi connectivity index (χ2v) is 3.18. The highest BCUT2D eigenvalue weighted by Gasteiger charge is 2.12. The van der Waals surface area contributed by atoms with Crippen molar-refractivity contribution in [1.82, 2.24) is 0 Å². The molecule has 0 saturated heterocycles. The van der Waals surface area contributed by atoms with E-state index in [1.165, 1.54) is 12.8 Å². The fourth-order valence-corrected chi connectivity index (χ4v) is 1.55. The number of carbonyl (C=O) groups is 1. The van der Waals surface area contributed by atoms with Gasteiger partial charge in [-0.2, -0.15) is 0 Å². The monoisotopic (exact) mass is 153 g/mol. The first-order valence-electron chi connectivity index (χ1n) is 4.10. The van der Waals surface area contributed by atoms with E-state index in [1.54, 1.807) is 6.92 Å². The lowest BCUT2D eigenvalue weighted by atomic mass is 10.1. The zero-order valence-electron chi connectivity index (χ0n) is 6.80. The Morgan fingerprint density at radius 1 is 1.45 bits per heavy atom. The largest absolute Gasteiger partial charge is 0.545 e. The van der Waals surface area contributed by atoms with Crippen LogP contribution in [0.5, 0.6) is 0 Å². The first-order valence-corrected chi connectivity index (χ1v) is 4.10. The minimum atomic E-state index is -1.03. The van der Waals surface area contributed by atoms with E-state index in [0.29, 0.717) is 11.5 Å². The minimum absolute atomic E-state index is 0.386. The molecule has 1 aliphatic carbocycles. The normalized spacial score (nSPS) is 20.6. The SMILES string of the molecule is C/C(=C\C1CCCC1)C(=O)[O-]. The zero-order chi connectivity index (χ0) is 8.27. The third-order valence-electron chi connectivity index (χ3n) is 2.21. The van der Waals surface area contributed by atoms with Gasteiger partial charge in [0.1, 0.15) is 0 Å². The molecule has 0 spiro atoms. The minimum Gasteiger partial charge on any atom is -0.545 e. The van der Waals surface area contributed by atoms with Crippen molar-refractivity contribution < 1.29 is 9.90 Å². The molecule has 0 amide bonds. The van der Waals surface area contributed by atoms with Crippen LogP contribution in [-0.2, 0) is 4.79 Å². The third-order valence-corrected chi connectivity index (χ3v) is 2.21. The van der Waals surface area contributed by atoms with Crippen molar-refractivity contribution in [3.8, 4) is 0 Å². The topological polar surface area (TPSA) is 40.1 Å². The van der Waals surface area contributed by atoms with Crippen LogP contribution in [0.4, 0.5) is 0 Å². The highest BCUT2D eigenvalue weighted by molar-refractivity contribution is 5.83. The fraction of sp³-hybridized carbons (Fsp3) is 0.667. The number of carboxylic acid groups (broad SMARTS) is 1. The molecule has 0 radical (unpaired) electrons. The average Bonchev–Trinajstić information content (AvgIpc) is 2.39. The van der Waals surface area contributed by atoms with Crippen LogP contribution < -0.4 is 5.11 Å². The molecule has 1 saturated carbocycles. The molecule has 0 unspecified atom stereocenters. The highest BCUT2D eigenvalue weighted by Crippen LogP contribution is 2.26. The molecule has 0 aromatic rings. The molecule has 1 fully saturated rings.